The minimum absolute atomic E-state index is 0.263. The van der Waals surface area contributed by atoms with Gasteiger partial charge in [-0.2, -0.15) is 0 Å². The van der Waals surface area contributed by atoms with Crippen LogP contribution in [0.25, 0.3) is 0 Å². The highest BCUT2D eigenvalue weighted by molar-refractivity contribution is 5.45. The molecule has 0 aliphatic carbocycles. The molecule has 0 unspecified atom stereocenters. The molecule has 0 aromatic heterocycles. The zero-order valence-electron chi connectivity index (χ0n) is 12.4. The van der Waals surface area contributed by atoms with Gasteiger partial charge in [-0.1, -0.05) is 38.8 Å². The van der Waals surface area contributed by atoms with Crippen molar-refractivity contribution >= 4 is 0 Å². The van der Waals surface area contributed by atoms with Gasteiger partial charge in [-0.05, 0) is 31.9 Å². The molecule has 0 amide bonds. The lowest BCUT2D eigenvalue weighted by Crippen LogP contribution is -2.15. The van der Waals surface area contributed by atoms with E-state index < -0.39 is 0 Å². The zero-order valence-corrected chi connectivity index (χ0v) is 12.4. The van der Waals surface area contributed by atoms with Crippen molar-refractivity contribution < 1.29 is 9.84 Å². The van der Waals surface area contributed by atoms with Gasteiger partial charge in [-0.3, -0.25) is 0 Å². The fourth-order valence-corrected chi connectivity index (χ4v) is 2.01. The van der Waals surface area contributed by atoms with E-state index in [0.29, 0.717) is 18.9 Å². The molecule has 1 aromatic carbocycles. The van der Waals surface area contributed by atoms with Gasteiger partial charge in [0.1, 0.15) is 0 Å². The van der Waals surface area contributed by atoms with E-state index in [1.807, 2.05) is 19.1 Å². The van der Waals surface area contributed by atoms with E-state index in [2.05, 4.69) is 19.2 Å². The molecule has 0 saturated carbocycles. The number of phenols is 1. The molecule has 0 bridgehead atoms. The number of nitrogens with one attached hydrogen (secondary N) is 1. The van der Waals surface area contributed by atoms with Crippen LogP contribution in [-0.4, -0.2) is 18.3 Å². The van der Waals surface area contributed by atoms with Crippen molar-refractivity contribution in [3.05, 3.63) is 23.8 Å². The molecule has 0 aliphatic rings. The summed E-state index contributed by atoms with van der Waals surface area (Å²) in [5, 5.41) is 13.4. The molecular weight excluding hydrogens is 238 g/mol. The van der Waals surface area contributed by atoms with E-state index in [4.69, 9.17) is 4.74 Å². The van der Waals surface area contributed by atoms with Gasteiger partial charge in [0.15, 0.2) is 11.5 Å². The van der Waals surface area contributed by atoms with Crippen molar-refractivity contribution in [3.63, 3.8) is 0 Å². The van der Waals surface area contributed by atoms with Gasteiger partial charge < -0.3 is 15.2 Å². The number of hydrogen-bond donors (Lipinski definition) is 2. The summed E-state index contributed by atoms with van der Waals surface area (Å²) in [6, 6.07) is 5.64. The second-order valence-electron chi connectivity index (χ2n) is 5.26. The van der Waals surface area contributed by atoms with E-state index in [-0.39, 0.29) is 5.75 Å². The molecule has 2 N–H and O–H groups in total. The highest BCUT2D eigenvalue weighted by atomic mass is 16.5. The number of aromatic hydroxyl groups is 1. The molecule has 0 atom stereocenters. The van der Waals surface area contributed by atoms with Crippen molar-refractivity contribution in [2.45, 2.75) is 46.6 Å². The molecule has 19 heavy (non-hydrogen) atoms. The average molecular weight is 265 g/mol. The lowest BCUT2D eigenvalue weighted by molar-refractivity contribution is 0.316. The van der Waals surface area contributed by atoms with Crippen LogP contribution in [0.3, 0.4) is 0 Å². The smallest absolute Gasteiger partial charge is 0.162 e. The molecule has 1 rings (SSSR count). The summed E-state index contributed by atoms with van der Waals surface area (Å²) in [7, 11) is 0. The molecule has 0 fully saturated rings. The third kappa shape index (κ3) is 5.97. The van der Waals surface area contributed by atoms with Crippen LogP contribution in [0.1, 0.15) is 45.6 Å². The Morgan fingerprint density at radius 3 is 2.74 bits per heavy atom. The first-order valence-electron chi connectivity index (χ1n) is 7.29. The summed E-state index contributed by atoms with van der Waals surface area (Å²) in [4.78, 5) is 0. The quantitative estimate of drug-likeness (QED) is 0.669. The van der Waals surface area contributed by atoms with Crippen molar-refractivity contribution in [3.8, 4) is 11.5 Å². The SMILES string of the molecule is CCOc1cccc(CNCCCCC(C)C)c1O. The first-order chi connectivity index (χ1) is 9.15. The second kappa shape index (κ2) is 8.81. The molecule has 0 spiro atoms. The predicted molar refractivity (Wildman–Crippen MR) is 79.7 cm³/mol. The molecule has 3 heteroatoms. The van der Waals surface area contributed by atoms with Gasteiger partial charge in [-0.15, -0.1) is 0 Å². The summed E-state index contributed by atoms with van der Waals surface area (Å²) < 4.78 is 5.37. The Hall–Kier alpha value is -1.22. The maximum absolute atomic E-state index is 10.0. The molecule has 0 aliphatic heterocycles. The van der Waals surface area contributed by atoms with E-state index in [0.717, 1.165) is 18.0 Å². The maximum atomic E-state index is 10.0. The van der Waals surface area contributed by atoms with Crippen LogP contribution in [0.2, 0.25) is 0 Å². The Morgan fingerprint density at radius 2 is 2.05 bits per heavy atom. The van der Waals surface area contributed by atoms with Crippen LogP contribution >= 0.6 is 0 Å². The standard InChI is InChI=1S/C16H27NO2/c1-4-19-15-10-7-9-14(16(15)18)12-17-11-6-5-8-13(2)3/h7,9-10,13,17-18H,4-6,8,11-12H2,1-3H3. The highest BCUT2D eigenvalue weighted by Gasteiger charge is 2.06. The lowest BCUT2D eigenvalue weighted by Gasteiger charge is -2.11. The maximum Gasteiger partial charge on any atom is 0.162 e. The monoisotopic (exact) mass is 265 g/mol. The minimum atomic E-state index is 0.263. The van der Waals surface area contributed by atoms with Crippen molar-refractivity contribution in [1.29, 1.82) is 0 Å². The largest absolute Gasteiger partial charge is 0.504 e. The number of benzene rings is 1. The zero-order chi connectivity index (χ0) is 14.1. The predicted octanol–water partition coefficient (Wildman–Crippen LogP) is 3.71. The van der Waals surface area contributed by atoms with Crippen molar-refractivity contribution in [2.24, 2.45) is 5.92 Å². The fourth-order valence-electron chi connectivity index (χ4n) is 2.01. The van der Waals surface area contributed by atoms with Gasteiger partial charge in [0.05, 0.1) is 6.61 Å². The van der Waals surface area contributed by atoms with Crippen LogP contribution in [0.15, 0.2) is 18.2 Å². The molecule has 108 valence electrons. The number of ether oxygens (including phenoxy) is 1. The number of rotatable bonds is 9. The summed E-state index contributed by atoms with van der Waals surface area (Å²) in [6.07, 6.45) is 3.73. The minimum Gasteiger partial charge on any atom is -0.504 e. The van der Waals surface area contributed by atoms with Crippen LogP contribution in [0.4, 0.5) is 0 Å². The number of hydrogen-bond acceptors (Lipinski definition) is 3. The van der Waals surface area contributed by atoms with Gasteiger partial charge >= 0.3 is 0 Å². The first-order valence-corrected chi connectivity index (χ1v) is 7.29. The number of para-hydroxylation sites is 1. The Bertz CT molecular complexity index is 364. The van der Waals surface area contributed by atoms with E-state index in [9.17, 15) is 5.11 Å². The van der Waals surface area contributed by atoms with Crippen LogP contribution in [0.5, 0.6) is 11.5 Å². The van der Waals surface area contributed by atoms with Gasteiger partial charge in [0, 0.05) is 12.1 Å². The number of phenolic OH excluding ortho intramolecular Hbond substituents is 1. The molecule has 1 aromatic rings. The summed E-state index contributed by atoms with van der Waals surface area (Å²) >= 11 is 0. The average Bonchev–Trinajstić information content (AvgIpc) is 2.37. The Morgan fingerprint density at radius 1 is 1.26 bits per heavy atom. The van der Waals surface area contributed by atoms with Crippen LogP contribution in [0, 0.1) is 5.92 Å². The van der Waals surface area contributed by atoms with Crippen molar-refractivity contribution in [2.75, 3.05) is 13.2 Å². The molecule has 3 nitrogen and oxygen atoms in total. The van der Waals surface area contributed by atoms with Crippen LogP contribution in [-0.2, 0) is 6.54 Å². The summed E-state index contributed by atoms with van der Waals surface area (Å²) in [6.45, 7) is 8.67. The van der Waals surface area contributed by atoms with E-state index in [1.165, 1.54) is 19.3 Å². The Labute approximate surface area is 117 Å². The van der Waals surface area contributed by atoms with Gasteiger partial charge in [0.25, 0.3) is 0 Å². The molecule has 0 radical (unpaired) electrons. The fraction of sp³-hybridized carbons (Fsp3) is 0.625. The number of unbranched alkanes of at least 4 members (excludes halogenated alkanes) is 1. The Kier molecular flexibility index (Phi) is 7.34. The normalized spacial score (nSPS) is 10.9. The second-order valence-corrected chi connectivity index (χ2v) is 5.26. The Balaban J connectivity index is 2.31. The van der Waals surface area contributed by atoms with E-state index in [1.54, 1.807) is 6.07 Å². The molecule has 0 saturated heterocycles. The first kappa shape index (κ1) is 15.8. The van der Waals surface area contributed by atoms with E-state index >= 15 is 0 Å². The topological polar surface area (TPSA) is 41.5 Å². The summed E-state index contributed by atoms with van der Waals surface area (Å²) in [5.41, 5.74) is 0.898. The third-order valence-corrected chi connectivity index (χ3v) is 3.08. The van der Waals surface area contributed by atoms with Gasteiger partial charge in [-0.25, -0.2) is 0 Å². The lowest BCUT2D eigenvalue weighted by atomic mass is 10.1. The van der Waals surface area contributed by atoms with Gasteiger partial charge in [0.2, 0.25) is 0 Å². The summed E-state index contributed by atoms with van der Waals surface area (Å²) in [5.74, 6) is 1.62. The third-order valence-electron chi connectivity index (χ3n) is 3.08. The van der Waals surface area contributed by atoms with Crippen molar-refractivity contribution in [1.82, 2.24) is 5.32 Å². The molecule has 0 heterocycles. The van der Waals surface area contributed by atoms with Crippen LogP contribution < -0.4 is 10.1 Å². The highest BCUT2D eigenvalue weighted by Crippen LogP contribution is 2.29. The molecular formula is C16H27NO2.